The molecule has 7 heteroatoms. The number of ether oxygens (including phenoxy) is 1. The van der Waals surface area contributed by atoms with Gasteiger partial charge in [-0.15, -0.1) is 0 Å². The molecule has 0 saturated carbocycles. The Balaban J connectivity index is 1.55. The molecule has 2 aromatic rings. The summed E-state index contributed by atoms with van der Waals surface area (Å²) in [5, 5.41) is 0. The van der Waals surface area contributed by atoms with E-state index in [1.807, 2.05) is 51.1 Å². The number of fused-ring (bicyclic) bond motifs is 1. The molecule has 2 aromatic carbocycles. The molecule has 0 aromatic heterocycles. The van der Waals surface area contributed by atoms with Crippen LogP contribution >= 0.6 is 0 Å². The van der Waals surface area contributed by atoms with Crippen molar-refractivity contribution in [2.45, 2.75) is 33.2 Å². The maximum atomic E-state index is 12.6. The molecule has 0 N–H and O–H groups in total. The molecule has 0 unspecified atom stereocenters. The van der Waals surface area contributed by atoms with Crippen LogP contribution in [0.25, 0.3) is 0 Å². The van der Waals surface area contributed by atoms with Gasteiger partial charge in [-0.1, -0.05) is 29.8 Å². The number of esters is 1. The van der Waals surface area contributed by atoms with Crippen LogP contribution in [-0.2, 0) is 14.3 Å². The van der Waals surface area contributed by atoms with Crippen molar-refractivity contribution in [3.05, 3.63) is 65.2 Å². The molecule has 30 heavy (non-hydrogen) atoms. The van der Waals surface area contributed by atoms with E-state index in [-0.39, 0.29) is 24.9 Å². The van der Waals surface area contributed by atoms with Gasteiger partial charge >= 0.3 is 5.97 Å². The molecule has 156 valence electrons. The Morgan fingerprint density at radius 3 is 2.33 bits per heavy atom. The summed E-state index contributed by atoms with van der Waals surface area (Å²) in [4.78, 5) is 52.2. The van der Waals surface area contributed by atoms with Crippen LogP contribution < -0.4 is 4.90 Å². The van der Waals surface area contributed by atoms with E-state index in [0.717, 1.165) is 16.2 Å². The Morgan fingerprint density at radius 1 is 1.00 bits per heavy atom. The molecule has 0 radical (unpaired) electrons. The van der Waals surface area contributed by atoms with Gasteiger partial charge in [0.2, 0.25) is 0 Å². The zero-order valence-electron chi connectivity index (χ0n) is 17.3. The topological polar surface area (TPSA) is 84.0 Å². The van der Waals surface area contributed by atoms with Gasteiger partial charge in [0, 0.05) is 18.3 Å². The smallest absolute Gasteiger partial charge is 0.308 e. The first-order valence-electron chi connectivity index (χ1n) is 9.79. The molecule has 1 aliphatic rings. The first kappa shape index (κ1) is 21.2. The second kappa shape index (κ2) is 8.90. The maximum absolute atomic E-state index is 12.6. The minimum atomic E-state index is -0.646. The number of hydrogen-bond donors (Lipinski definition) is 0. The van der Waals surface area contributed by atoms with Gasteiger partial charge in [0.1, 0.15) is 0 Å². The fraction of sp³-hybridized carbons (Fsp3) is 0.304. The summed E-state index contributed by atoms with van der Waals surface area (Å²) in [6, 6.07) is 14.1. The van der Waals surface area contributed by atoms with Crippen LogP contribution in [0.5, 0.6) is 0 Å². The van der Waals surface area contributed by atoms with E-state index >= 15 is 0 Å². The van der Waals surface area contributed by atoms with Gasteiger partial charge in [0.05, 0.1) is 17.5 Å². The van der Waals surface area contributed by atoms with Crippen molar-refractivity contribution in [3.8, 4) is 0 Å². The number of anilines is 1. The Labute approximate surface area is 175 Å². The lowest BCUT2D eigenvalue weighted by atomic mass is 10.1. The van der Waals surface area contributed by atoms with Crippen LogP contribution in [0.3, 0.4) is 0 Å². The number of hydrogen-bond acceptors (Lipinski definition) is 5. The van der Waals surface area contributed by atoms with Gasteiger partial charge < -0.3 is 9.64 Å². The fourth-order valence-corrected chi connectivity index (χ4v) is 3.41. The second-order valence-electron chi connectivity index (χ2n) is 7.41. The first-order valence-corrected chi connectivity index (χ1v) is 9.79. The minimum Gasteiger partial charge on any atom is -0.455 e. The van der Waals surface area contributed by atoms with Gasteiger partial charge in [-0.2, -0.15) is 0 Å². The van der Waals surface area contributed by atoms with E-state index in [0.29, 0.717) is 11.1 Å². The summed E-state index contributed by atoms with van der Waals surface area (Å²) in [6.07, 6.45) is -0.176. The lowest BCUT2D eigenvalue weighted by molar-refractivity contribution is -0.148. The molecule has 3 amide bonds. The normalized spacial score (nSPS) is 12.9. The average Bonchev–Trinajstić information content (AvgIpc) is 2.95. The number of para-hydroxylation sites is 1. The second-order valence-corrected chi connectivity index (χ2v) is 7.41. The number of imide groups is 1. The molecule has 1 aliphatic heterocycles. The molecule has 0 fully saturated rings. The zero-order chi connectivity index (χ0) is 21.8. The highest BCUT2D eigenvalue weighted by atomic mass is 16.5. The molecule has 0 aliphatic carbocycles. The monoisotopic (exact) mass is 408 g/mol. The van der Waals surface area contributed by atoms with Crippen molar-refractivity contribution in [1.82, 2.24) is 4.90 Å². The number of benzene rings is 2. The molecule has 0 saturated heterocycles. The standard InChI is InChI=1S/C23H24N2O5/c1-15(2)25(17-7-5-4-6-8-17)20(26)14-30-21(27)11-12-24-22(28)18-10-9-16(3)13-19(18)23(24)29/h4-10,13,15H,11-12,14H2,1-3H3. The summed E-state index contributed by atoms with van der Waals surface area (Å²) in [6.45, 7) is 5.08. The average molecular weight is 408 g/mol. The van der Waals surface area contributed by atoms with Crippen LogP contribution in [-0.4, -0.2) is 47.8 Å². The van der Waals surface area contributed by atoms with E-state index in [1.54, 1.807) is 23.1 Å². The highest BCUT2D eigenvalue weighted by Crippen LogP contribution is 2.24. The van der Waals surface area contributed by atoms with Gasteiger partial charge in [0.25, 0.3) is 17.7 Å². The third kappa shape index (κ3) is 4.40. The first-order chi connectivity index (χ1) is 14.3. The minimum absolute atomic E-state index is 0.0923. The van der Waals surface area contributed by atoms with Crippen molar-refractivity contribution < 1.29 is 23.9 Å². The van der Waals surface area contributed by atoms with E-state index < -0.39 is 24.4 Å². The van der Waals surface area contributed by atoms with Crippen LogP contribution in [0.2, 0.25) is 0 Å². The SMILES string of the molecule is Cc1ccc2c(c1)C(=O)N(CCC(=O)OCC(=O)N(c1ccccc1)C(C)C)C2=O. The number of aryl methyl sites for hydroxylation is 1. The molecule has 3 rings (SSSR count). The zero-order valence-corrected chi connectivity index (χ0v) is 17.3. The summed E-state index contributed by atoms with van der Waals surface area (Å²) >= 11 is 0. The molecule has 1 heterocycles. The van der Waals surface area contributed by atoms with E-state index in [2.05, 4.69) is 0 Å². The molecule has 0 bridgehead atoms. The Kier molecular flexibility index (Phi) is 6.30. The Morgan fingerprint density at radius 2 is 1.67 bits per heavy atom. The number of carbonyl (C=O) groups is 4. The van der Waals surface area contributed by atoms with Crippen molar-refractivity contribution >= 4 is 29.4 Å². The van der Waals surface area contributed by atoms with Gasteiger partial charge in [0.15, 0.2) is 6.61 Å². The molecule has 0 atom stereocenters. The van der Waals surface area contributed by atoms with Crippen molar-refractivity contribution in [2.75, 3.05) is 18.1 Å². The van der Waals surface area contributed by atoms with E-state index in [4.69, 9.17) is 4.74 Å². The fourth-order valence-electron chi connectivity index (χ4n) is 3.41. The van der Waals surface area contributed by atoms with Crippen LogP contribution in [0.15, 0.2) is 48.5 Å². The Bertz CT molecular complexity index is 984. The number of nitrogens with zero attached hydrogens (tertiary/aromatic N) is 2. The highest BCUT2D eigenvalue weighted by Gasteiger charge is 2.35. The molecule has 0 spiro atoms. The van der Waals surface area contributed by atoms with Crippen LogP contribution in [0, 0.1) is 6.92 Å². The third-order valence-electron chi connectivity index (χ3n) is 4.84. The van der Waals surface area contributed by atoms with E-state index in [1.165, 1.54) is 0 Å². The van der Waals surface area contributed by atoms with E-state index in [9.17, 15) is 19.2 Å². The van der Waals surface area contributed by atoms with Crippen molar-refractivity contribution in [2.24, 2.45) is 0 Å². The summed E-state index contributed by atoms with van der Waals surface area (Å²) in [5.41, 5.74) is 2.28. The van der Waals surface area contributed by atoms with Gasteiger partial charge in [-0.05, 0) is 45.0 Å². The maximum Gasteiger partial charge on any atom is 0.308 e. The molecular weight excluding hydrogens is 384 g/mol. The number of amides is 3. The third-order valence-corrected chi connectivity index (χ3v) is 4.84. The Hall–Kier alpha value is -3.48. The largest absolute Gasteiger partial charge is 0.455 e. The van der Waals surface area contributed by atoms with Gasteiger partial charge in [-0.3, -0.25) is 24.1 Å². The highest BCUT2D eigenvalue weighted by molar-refractivity contribution is 6.21. The lowest BCUT2D eigenvalue weighted by Gasteiger charge is -2.26. The molecule has 7 nitrogen and oxygen atoms in total. The predicted molar refractivity (Wildman–Crippen MR) is 111 cm³/mol. The lowest BCUT2D eigenvalue weighted by Crippen LogP contribution is -2.40. The predicted octanol–water partition coefficient (Wildman–Crippen LogP) is 2.97. The quantitative estimate of drug-likeness (QED) is 0.520. The summed E-state index contributed by atoms with van der Waals surface area (Å²) in [7, 11) is 0. The van der Waals surface area contributed by atoms with Crippen LogP contribution in [0.4, 0.5) is 5.69 Å². The summed E-state index contributed by atoms with van der Waals surface area (Å²) in [5.74, 6) is -1.83. The van der Waals surface area contributed by atoms with Crippen LogP contribution in [0.1, 0.15) is 46.5 Å². The summed E-state index contributed by atoms with van der Waals surface area (Å²) < 4.78 is 5.10. The number of carbonyl (C=O) groups excluding carboxylic acids is 4. The van der Waals surface area contributed by atoms with Crippen molar-refractivity contribution in [1.29, 1.82) is 0 Å². The number of rotatable bonds is 7. The molecular formula is C23H24N2O5. The van der Waals surface area contributed by atoms with Crippen molar-refractivity contribution in [3.63, 3.8) is 0 Å². The van der Waals surface area contributed by atoms with Gasteiger partial charge in [-0.25, -0.2) is 0 Å².